The Kier molecular flexibility index (Phi) is 5.27. The van der Waals surface area contributed by atoms with Crippen LogP contribution in [0.25, 0.3) is 0 Å². The first-order valence-corrected chi connectivity index (χ1v) is 10.1. The first-order valence-electron chi connectivity index (χ1n) is 10.1. The second-order valence-corrected chi connectivity index (χ2v) is 7.95. The van der Waals surface area contributed by atoms with Crippen molar-refractivity contribution >= 4 is 5.69 Å². The van der Waals surface area contributed by atoms with E-state index in [2.05, 4.69) is 34.1 Å². The van der Waals surface area contributed by atoms with E-state index in [1.807, 2.05) is 0 Å². The zero-order valence-electron chi connectivity index (χ0n) is 15.0. The van der Waals surface area contributed by atoms with Crippen LogP contribution in [-0.2, 0) is 0 Å². The quantitative estimate of drug-likeness (QED) is 0.802. The molecule has 1 saturated heterocycles. The third-order valence-electron chi connectivity index (χ3n) is 6.27. The predicted octanol–water partition coefficient (Wildman–Crippen LogP) is 4.67. The van der Waals surface area contributed by atoms with Crippen LogP contribution in [-0.4, -0.2) is 37.3 Å². The third kappa shape index (κ3) is 3.72. The number of hydrogen-bond donors (Lipinski definition) is 0. The monoisotopic (exact) mass is 328 g/mol. The second kappa shape index (κ2) is 7.77. The van der Waals surface area contributed by atoms with Crippen molar-refractivity contribution in [1.29, 1.82) is 0 Å². The molecule has 4 rings (SSSR count). The SMILES string of the molecule is c1ccc2c(c1)OCN2C1CCN(CC2CCCCCCC2)CC1. The van der Waals surface area contributed by atoms with Gasteiger partial charge < -0.3 is 14.5 Å². The maximum atomic E-state index is 5.85. The average molecular weight is 329 g/mol. The van der Waals surface area contributed by atoms with Crippen LogP contribution in [0.5, 0.6) is 5.75 Å². The zero-order chi connectivity index (χ0) is 16.2. The molecule has 1 aromatic rings. The molecule has 1 aliphatic carbocycles. The molecule has 0 N–H and O–H groups in total. The van der Waals surface area contributed by atoms with Crippen LogP contribution < -0.4 is 9.64 Å². The molecule has 2 fully saturated rings. The Labute approximate surface area is 147 Å². The van der Waals surface area contributed by atoms with E-state index in [0.717, 1.165) is 18.4 Å². The van der Waals surface area contributed by atoms with Gasteiger partial charge in [-0.05, 0) is 43.7 Å². The van der Waals surface area contributed by atoms with Gasteiger partial charge in [-0.15, -0.1) is 0 Å². The Hall–Kier alpha value is -1.22. The molecule has 0 atom stereocenters. The van der Waals surface area contributed by atoms with E-state index in [9.17, 15) is 0 Å². The van der Waals surface area contributed by atoms with Gasteiger partial charge in [0.2, 0.25) is 0 Å². The fourth-order valence-electron chi connectivity index (χ4n) is 4.83. The lowest BCUT2D eigenvalue weighted by Gasteiger charge is -2.38. The first kappa shape index (κ1) is 16.3. The van der Waals surface area contributed by atoms with E-state index < -0.39 is 0 Å². The fraction of sp³-hybridized carbons (Fsp3) is 0.714. The number of anilines is 1. The minimum absolute atomic E-state index is 0.655. The molecule has 0 bridgehead atoms. The summed E-state index contributed by atoms with van der Waals surface area (Å²) in [5.74, 6) is 2.02. The maximum Gasteiger partial charge on any atom is 0.161 e. The molecular formula is C21H32N2O. The van der Waals surface area contributed by atoms with E-state index in [0.29, 0.717) is 6.04 Å². The number of benzene rings is 1. The second-order valence-electron chi connectivity index (χ2n) is 7.95. The molecule has 0 radical (unpaired) electrons. The molecule has 3 heteroatoms. The van der Waals surface area contributed by atoms with E-state index in [-0.39, 0.29) is 0 Å². The van der Waals surface area contributed by atoms with Crippen LogP contribution in [0, 0.1) is 5.92 Å². The van der Waals surface area contributed by atoms with Gasteiger partial charge in [0.1, 0.15) is 5.75 Å². The van der Waals surface area contributed by atoms with Crippen LogP contribution in [0.15, 0.2) is 24.3 Å². The normalized spacial score (nSPS) is 24.2. The first-order chi connectivity index (χ1) is 11.9. The molecule has 3 aliphatic rings. The predicted molar refractivity (Wildman–Crippen MR) is 99.7 cm³/mol. The van der Waals surface area contributed by atoms with Crippen molar-refractivity contribution in [2.75, 3.05) is 31.3 Å². The van der Waals surface area contributed by atoms with Gasteiger partial charge in [0.05, 0.1) is 5.69 Å². The number of ether oxygens (including phenoxy) is 1. The number of hydrogen-bond acceptors (Lipinski definition) is 3. The standard InChI is InChI=1S/C21H32N2O/c1-2-4-8-18(9-5-3-1)16-22-14-12-19(13-15-22)23-17-24-21-11-7-6-10-20(21)23/h6-7,10-11,18-19H,1-5,8-9,12-17H2. The molecule has 24 heavy (non-hydrogen) atoms. The highest BCUT2D eigenvalue weighted by Gasteiger charge is 2.30. The average Bonchev–Trinajstić information content (AvgIpc) is 3.02. The summed E-state index contributed by atoms with van der Waals surface area (Å²) in [5, 5.41) is 0. The molecule has 2 aliphatic heterocycles. The van der Waals surface area contributed by atoms with Crippen molar-refractivity contribution < 1.29 is 4.74 Å². The number of rotatable bonds is 3. The van der Waals surface area contributed by atoms with Gasteiger partial charge in [-0.2, -0.15) is 0 Å². The van der Waals surface area contributed by atoms with Gasteiger partial charge in [0, 0.05) is 25.7 Å². The van der Waals surface area contributed by atoms with Gasteiger partial charge in [-0.25, -0.2) is 0 Å². The summed E-state index contributed by atoms with van der Waals surface area (Å²) < 4.78 is 5.85. The topological polar surface area (TPSA) is 15.7 Å². The van der Waals surface area contributed by atoms with Crippen molar-refractivity contribution in [3.8, 4) is 5.75 Å². The summed E-state index contributed by atoms with van der Waals surface area (Å²) in [6, 6.07) is 9.16. The molecule has 3 nitrogen and oxygen atoms in total. The minimum atomic E-state index is 0.655. The molecule has 0 unspecified atom stereocenters. The highest BCUT2D eigenvalue weighted by atomic mass is 16.5. The lowest BCUT2D eigenvalue weighted by atomic mass is 9.90. The number of fused-ring (bicyclic) bond motifs is 1. The Morgan fingerprint density at radius 2 is 1.58 bits per heavy atom. The lowest BCUT2D eigenvalue weighted by Crippen LogP contribution is -2.46. The Morgan fingerprint density at radius 3 is 2.38 bits per heavy atom. The van der Waals surface area contributed by atoms with Crippen molar-refractivity contribution in [1.82, 2.24) is 4.90 Å². The number of piperidine rings is 1. The zero-order valence-corrected chi connectivity index (χ0v) is 15.0. The van der Waals surface area contributed by atoms with Crippen LogP contribution in [0.1, 0.15) is 57.8 Å². The summed E-state index contributed by atoms with van der Waals surface area (Å²) in [6.07, 6.45) is 12.8. The van der Waals surface area contributed by atoms with Crippen molar-refractivity contribution in [2.24, 2.45) is 5.92 Å². The molecule has 0 aromatic heterocycles. The summed E-state index contributed by atoms with van der Waals surface area (Å²) in [6.45, 7) is 4.62. The minimum Gasteiger partial charge on any atom is -0.471 e. The van der Waals surface area contributed by atoms with E-state index in [4.69, 9.17) is 4.74 Å². The molecular weight excluding hydrogens is 296 g/mol. The Balaban J connectivity index is 1.28. The number of nitrogens with zero attached hydrogens (tertiary/aromatic N) is 2. The summed E-state index contributed by atoms with van der Waals surface area (Å²) in [5.41, 5.74) is 1.30. The number of para-hydroxylation sites is 2. The van der Waals surface area contributed by atoms with Gasteiger partial charge in [0.15, 0.2) is 6.73 Å². The third-order valence-corrected chi connectivity index (χ3v) is 6.27. The van der Waals surface area contributed by atoms with Gasteiger partial charge in [-0.3, -0.25) is 0 Å². The highest BCUT2D eigenvalue weighted by molar-refractivity contribution is 5.61. The fourth-order valence-corrected chi connectivity index (χ4v) is 4.83. The Morgan fingerprint density at radius 1 is 0.875 bits per heavy atom. The van der Waals surface area contributed by atoms with Crippen molar-refractivity contribution in [3.05, 3.63) is 24.3 Å². The van der Waals surface area contributed by atoms with Crippen LogP contribution >= 0.6 is 0 Å². The summed E-state index contributed by atoms with van der Waals surface area (Å²) in [4.78, 5) is 5.23. The molecule has 132 valence electrons. The lowest BCUT2D eigenvalue weighted by molar-refractivity contribution is 0.163. The summed E-state index contributed by atoms with van der Waals surface area (Å²) in [7, 11) is 0. The maximum absolute atomic E-state index is 5.85. The van der Waals surface area contributed by atoms with E-state index in [1.165, 1.54) is 83.1 Å². The molecule has 2 heterocycles. The van der Waals surface area contributed by atoms with E-state index >= 15 is 0 Å². The molecule has 0 amide bonds. The number of likely N-dealkylation sites (tertiary alicyclic amines) is 1. The van der Waals surface area contributed by atoms with Gasteiger partial charge >= 0.3 is 0 Å². The van der Waals surface area contributed by atoms with Crippen LogP contribution in [0.2, 0.25) is 0 Å². The van der Waals surface area contributed by atoms with Crippen LogP contribution in [0.3, 0.4) is 0 Å². The van der Waals surface area contributed by atoms with Crippen LogP contribution in [0.4, 0.5) is 5.69 Å². The van der Waals surface area contributed by atoms with Gasteiger partial charge in [-0.1, -0.05) is 44.2 Å². The van der Waals surface area contributed by atoms with E-state index in [1.54, 1.807) is 0 Å². The highest BCUT2D eigenvalue weighted by Crippen LogP contribution is 2.36. The van der Waals surface area contributed by atoms with Crippen molar-refractivity contribution in [3.63, 3.8) is 0 Å². The molecule has 1 aromatic carbocycles. The summed E-state index contributed by atoms with van der Waals surface area (Å²) >= 11 is 0. The smallest absolute Gasteiger partial charge is 0.161 e. The largest absolute Gasteiger partial charge is 0.471 e. The molecule has 0 spiro atoms. The molecule has 1 saturated carbocycles. The van der Waals surface area contributed by atoms with Gasteiger partial charge in [0.25, 0.3) is 0 Å². The Bertz CT molecular complexity index is 516. The van der Waals surface area contributed by atoms with Crippen molar-refractivity contribution in [2.45, 2.75) is 63.8 Å².